The van der Waals surface area contributed by atoms with E-state index in [1.807, 2.05) is 13.8 Å². The largest absolute Gasteiger partial charge is 0.497 e. The number of likely N-dealkylation sites (N-methyl/N-ethyl adjacent to an activating group) is 1. The van der Waals surface area contributed by atoms with Crippen LogP contribution in [0.1, 0.15) is 120 Å². The number of rotatable bonds is 16. The zero-order valence-corrected chi connectivity index (χ0v) is 46.9. The van der Waals surface area contributed by atoms with Crippen LogP contribution in [0.3, 0.4) is 0 Å². The van der Waals surface area contributed by atoms with Gasteiger partial charge in [0, 0.05) is 39.1 Å². The summed E-state index contributed by atoms with van der Waals surface area (Å²) in [5, 5.41) is 59.4. The fourth-order valence-corrected chi connectivity index (χ4v) is 12.8. The molecule has 3 aliphatic heterocycles. The molecule has 0 saturated carbocycles. The SMILES string of the molecule is CCCNC[C@]1(O)[C@H](C)OC(O[C@H]2[C@H](C)[C@@H](O[C@@H]3O[C@H](C)C[C@H](N(C)S(=O)(=O)c4c(C)noc4C)[C@H]3Oc3ccc(OC)cc3)[C@](C)(O)C[C@@H](C)CN[C@H](C)[C@@H](O)[C@](C)(O)[C@@H](CC)OC(=O)[C@@H]2C)C[C@@]1(C)OC. The third kappa shape index (κ3) is 13.2. The lowest BCUT2D eigenvalue weighted by molar-refractivity contribution is -0.335. The van der Waals surface area contributed by atoms with E-state index in [0.29, 0.717) is 18.0 Å². The number of ether oxygens (including phenoxy) is 8. The number of cyclic esters (lactones) is 1. The van der Waals surface area contributed by atoms with Gasteiger partial charge in [0.25, 0.3) is 0 Å². The number of aryl methyl sites for hydroxylation is 2. The van der Waals surface area contributed by atoms with Gasteiger partial charge in [0.1, 0.15) is 51.1 Å². The van der Waals surface area contributed by atoms with Gasteiger partial charge in [-0.15, -0.1) is 0 Å². The first-order valence-corrected chi connectivity index (χ1v) is 27.4. The Labute approximate surface area is 433 Å². The predicted molar refractivity (Wildman–Crippen MR) is 270 cm³/mol. The van der Waals surface area contributed by atoms with Crippen molar-refractivity contribution in [2.75, 3.05) is 40.9 Å². The highest BCUT2D eigenvalue weighted by atomic mass is 32.2. The number of hydrogen-bond acceptors (Lipinski definition) is 19. The third-order valence-corrected chi connectivity index (χ3v) is 17.9. The first-order valence-electron chi connectivity index (χ1n) is 25.9. The molecule has 21 heteroatoms. The maximum absolute atomic E-state index is 14.7. The quantitative estimate of drug-likeness (QED) is 0.101. The number of carbonyl (C=O) groups is 1. The van der Waals surface area contributed by atoms with E-state index in [1.54, 1.807) is 86.6 Å². The number of aliphatic hydroxyl groups is 4. The van der Waals surface area contributed by atoms with Crippen LogP contribution in [0.5, 0.6) is 11.5 Å². The predicted octanol–water partition coefficient (Wildman–Crippen LogP) is 4.39. The number of hydrogen-bond donors (Lipinski definition) is 6. The lowest BCUT2D eigenvalue weighted by Crippen LogP contribution is -2.70. The highest BCUT2D eigenvalue weighted by Gasteiger charge is 2.59. The summed E-state index contributed by atoms with van der Waals surface area (Å²) in [6, 6.07) is 5.15. The van der Waals surface area contributed by atoms with Crippen molar-refractivity contribution in [3.8, 4) is 11.5 Å². The van der Waals surface area contributed by atoms with Crippen molar-refractivity contribution in [1.29, 1.82) is 0 Å². The summed E-state index contributed by atoms with van der Waals surface area (Å²) in [6.45, 7) is 23.3. The second-order valence-electron chi connectivity index (χ2n) is 21.7. The molecule has 0 amide bonds. The maximum atomic E-state index is 14.7. The van der Waals surface area contributed by atoms with Gasteiger partial charge in [0.15, 0.2) is 24.4 Å². The lowest BCUT2D eigenvalue weighted by atomic mass is 9.75. The van der Waals surface area contributed by atoms with Crippen molar-refractivity contribution >= 4 is 16.0 Å². The third-order valence-electron chi connectivity index (χ3n) is 15.7. The smallest absolute Gasteiger partial charge is 0.311 e. The van der Waals surface area contributed by atoms with Crippen molar-refractivity contribution in [2.45, 2.75) is 217 Å². The number of carbonyl (C=O) groups excluding carboxylic acids is 1. The Kier molecular flexibility index (Phi) is 20.4. The molecule has 2 aromatic rings. The van der Waals surface area contributed by atoms with E-state index in [4.69, 9.17) is 42.4 Å². The highest BCUT2D eigenvalue weighted by Crippen LogP contribution is 2.44. The molecule has 5 rings (SSSR count). The summed E-state index contributed by atoms with van der Waals surface area (Å²) in [6.07, 6.45) is -8.90. The van der Waals surface area contributed by atoms with Crippen LogP contribution < -0.4 is 20.1 Å². The fraction of sp³-hybridized carbons (Fsp3) is 0.808. The molecule has 0 bridgehead atoms. The number of esters is 1. The van der Waals surface area contributed by atoms with Gasteiger partial charge >= 0.3 is 5.97 Å². The molecule has 1 aromatic heterocycles. The van der Waals surface area contributed by atoms with Crippen molar-refractivity contribution in [3.05, 3.63) is 35.7 Å². The molecule has 418 valence electrons. The summed E-state index contributed by atoms with van der Waals surface area (Å²) >= 11 is 0. The van der Waals surface area contributed by atoms with E-state index in [9.17, 15) is 33.6 Å². The first kappa shape index (κ1) is 60.8. The number of nitrogens with zero attached hydrogens (tertiary/aromatic N) is 2. The average Bonchev–Trinajstić information content (AvgIpc) is 3.69. The van der Waals surface area contributed by atoms with Gasteiger partial charge in [-0.2, -0.15) is 4.31 Å². The number of benzene rings is 1. The molecular formula is C52H88N4O16S. The number of aliphatic hydroxyl groups excluding tert-OH is 1. The summed E-state index contributed by atoms with van der Waals surface area (Å²) < 4.78 is 87.6. The van der Waals surface area contributed by atoms with E-state index < -0.39 is 118 Å². The Bertz CT molecular complexity index is 2180. The average molecular weight is 1060 g/mol. The molecule has 3 fully saturated rings. The molecule has 6 N–H and O–H groups in total. The molecule has 3 aliphatic rings. The van der Waals surface area contributed by atoms with Crippen molar-refractivity contribution in [3.63, 3.8) is 0 Å². The summed E-state index contributed by atoms with van der Waals surface area (Å²) in [5.74, 6) is -2.15. The molecule has 73 heavy (non-hydrogen) atoms. The first-order chi connectivity index (χ1) is 34.0. The summed E-state index contributed by atoms with van der Waals surface area (Å²) in [7, 11) is 0.216. The minimum atomic E-state index is -4.29. The Balaban J connectivity index is 1.67. The molecule has 0 radical (unpaired) electrons. The van der Waals surface area contributed by atoms with E-state index in [-0.39, 0.29) is 61.0 Å². The molecule has 20 nitrogen and oxygen atoms in total. The second-order valence-corrected chi connectivity index (χ2v) is 23.6. The monoisotopic (exact) mass is 1060 g/mol. The van der Waals surface area contributed by atoms with Gasteiger partial charge in [0.2, 0.25) is 10.0 Å². The molecule has 0 aliphatic carbocycles. The lowest BCUT2D eigenvalue weighted by Gasteiger charge is -2.53. The summed E-state index contributed by atoms with van der Waals surface area (Å²) in [5.41, 5.74) is -6.21. The zero-order valence-electron chi connectivity index (χ0n) is 46.0. The minimum absolute atomic E-state index is 0.0127. The fourth-order valence-electron chi connectivity index (χ4n) is 11.1. The van der Waals surface area contributed by atoms with E-state index in [2.05, 4.69) is 15.8 Å². The molecule has 3 saturated heterocycles. The van der Waals surface area contributed by atoms with Crippen molar-refractivity contribution < 1.29 is 76.1 Å². The van der Waals surface area contributed by atoms with Crippen molar-refractivity contribution in [2.24, 2.45) is 17.8 Å². The summed E-state index contributed by atoms with van der Waals surface area (Å²) in [4.78, 5) is 14.7. The van der Waals surface area contributed by atoms with Crippen LogP contribution in [-0.2, 0) is 43.2 Å². The number of aromatic nitrogens is 1. The van der Waals surface area contributed by atoms with Gasteiger partial charge < -0.3 is 73.5 Å². The van der Waals surface area contributed by atoms with Crippen molar-refractivity contribution in [1.82, 2.24) is 20.1 Å². The maximum Gasteiger partial charge on any atom is 0.311 e. The minimum Gasteiger partial charge on any atom is -0.497 e. The molecule has 1 unspecified atom stereocenters. The zero-order chi connectivity index (χ0) is 54.6. The van der Waals surface area contributed by atoms with Gasteiger partial charge in [-0.3, -0.25) is 4.79 Å². The normalized spacial score (nSPS) is 39.6. The second kappa shape index (κ2) is 24.5. The Morgan fingerprint density at radius 3 is 2.15 bits per heavy atom. The number of sulfonamides is 1. The standard InChI is InChI=1S/C52H88N4O16S/c1-17-23-53-28-52(61)36(10)67-41(26-50(52,12)65-16)70-42-31(5)46(49(11,59)25-29(3)27-54-34(8)45(57)51(13,60)40(18-2)69-47(58)32(42)6)71-48-43(68-38-21-19-37(64-15)20-22-38)39(24-30(4)66-48)56(14)73(62,63)44-33(7)55-72-35(44)9/h19-22,29-32,34,36,39-43,45-46,48,53-54,57,59-61H,17-18,23-28H2,1-16H3/t29-,30-,31+,32-,34-,36+,39+,40-,41?,42+,43-,45-,46-,48+,49-,50-,51-,52+/m1/s1. The highest BCUT2D eigenvalue weighted by molar-refractivity contribution is 7.89. The van der Waals surface area contributed by atoms with E-state index >= 15 is 0 Å². The Morgan fingerprint density at radius 2 is 1.58 bits per heavy atom. The molecule has 1 aromatic carbocycles. The van der Waals surface area contributed by atoms with Crippen LogP contribution >= 0.6 is 0 Å². The van der Waals surface area contributed by atoms with Crippen LogP contribution in [0.4, 0.5) is 0 Å². The number of methoxy groups -OCH3 is 2. The van der Waals surface area contributed by atoms with E-state index in [1.165, 1.54) is 39.4 Å². The van der Waals surface area contributed by atoms with E-state index in [0.717, 1.165) is 6.42 Å². The molecular weight excluding hydrogens is 969 g/mol. The van der Waals surface area contributed by atoms with Gasteiger partial charge in [-0.25, -0.2) is 8.42 Å². The molecule has 4 heterocycles. The van der Waals surface area contributed by atoms with Crippen LogP contribution in [0.2, 0.25) is 0 Å². The molecule has 0 spiro atoms. The molecule has 18 atom stereocenters. The van der Waals surface area contributed by atoms with Crippen LogP contribution in [0, 0.1) is 31.6 Å². The Hall–Kier alpha value is -3.03. The van der Waals surface area contributed by atoms with Crippen LogP contribution in [0.25, 0.3) is 0 Å². The van der Waals surface area contributed by atoms with Gasteiger partial charge in [0.05, 0.1) is 49.1 Å². The van der Waals surface area contributed by atoms with Gasteiger partial charge in [-0.05, 0) is 131 Å². The topological polar surface area (TPSA) is 259 Å². The van der Waals surface area contributed by atoms with Crippen LogP contribution in [-0.4, -0.2) is 175 Å². The number of nitrogens with one attached hydrogen (secondary N) is 2. The van der Waals surface area contributed by atoms with Gasteiger partial charge in [-0.1, -0.05) is 32.9 Å². The Morgan fingerprint density at radius 1 is 0.932 bits per heavy atom. The van der Waals surface area contributed by atoms with Crippen LogP contribution in [0.15, 0.2) is 33.7 Å².